The van der Waals surface area contributed by atoms with Gasteiger partial charge in [0, 0.05) is 17.6 Å². The maximum atomic E-state index is 4.38. The highest BCUT2D eigenvalue weighted by Crippen LogP contribution is 2.27. The monoisotopic (exact) mass is 272 g/mol. The normalized spacial score (nSPS) is 17.2. The van der Waals surface area contributed by atoms with Crippen LogP contribution in [0.25, 0.3) is 0 Å². The van der Waals surface area contributed by atoms with E-state index in [1.807, 2.05) is 11.6 Å². The summed E-state index contributed by atoms with van der Waals surface area (Å²) in [5.74, 6) is 0. The van der Waals surface area contributed by atoms with Crippen LogP contribution in [0.4, 0.5) is 0 Å². The minimum Gasteiger partial charge on any atom is -0.302 e. The van der Waals surface area contributed by atoms with Crippen LogP contribution < -0.4 is 5.32 Å². The molecule has 0 aliphatic heterocycles. The van der Waals surface area contributed by atoms with Crippen LogP contribution in [0.3, 0.4) is 0 Å². The van der Waals surface area contributed by atoms with Gasteiger partial charge in [0.25, 0.3) is 0 Å². The summed E-state index contributed by atoms with van der Waals surface area (Å²) in [6.45, 7) is 4.42. The minimum absolute atomic E-state index is 0.309. The van der Waals surface area contributed by atoms with Crippen LogP contribution in [0.2, 0.25) is 0 Å². The Labute approximate surface area is 118 Å². The first-order valence-electron chi connectivity index (χ1n) is 7.01. The van der Waals surface area contributed by atoms with Crippen LogP contribution in [0.5, 0.6) is 0 Å². The van der Waals surface area contributed by atoms with Crippen molar-refractivity contribution in [3.63, 3.8) is 0 Å². The number of aromatic nitrogens is 1. The molecule has 0 fully saturated rings. The van der Waals surface area contributed by atoms with Gasteiger partial charge in [0.1, 0.15) is 5.01 Å². The number of nitrogens with one attached hydrogen (secondary N) is 1. The molecule has 2 atom stereocenters. The van der Waals surface area contributed by atoms with Crippen LogP contribution in [0, 0.1) is 0 Å². The number of hydrogen-bond donors (Lipinski definition) is 1. The number of benzene rings is 1. The summed E-state index contributed by atoms with van der Waals surface area (Å²) in [5, 5.41) is 6.83. The smallest absolute Gasteiger partial charge is 0.109 e. The Morgan fingerprint density at radius 1 is 1.16 bits per heavy atom. The average molecular weight is 272 g/mol. The highest BCUT2D eigenvalue weighted by molar-refractivity contribution is 7.09. The van der Waals surface area contributed by atoms with E-state index in [1.165, 1.54) is 24.8 Å². The molecule has 1 aromatic carbocycles. The van der Waals surface area contributed by atoms with Crippen molar-refractivity contribution < 1.29 is 0 Å². The number of rotatable bonds is 4. The van der Waals surface area contributed by atoms with E-state index in [0.29, 0.717) is 12.1 Å². The van der Waals surface area contributed by atoms with Crippen LogP contribution in [0.15, 0.2) is 29.8 Å². The van der Waals surface area contributed by atoms with Gasteiger partial charge in [-0.15, -0.1) is 11.3 Å². The van der Waals surface area contributed by atoms with Crippen LogP contribution >= 0.6 is 11.3 Å². The highest BCUT2D eigenvalue weighted by atomic mass is 32.1. The molecular weight excluding hydrogens is 252 g/mol. The first kappa shape index (κ1) is 12.8. The van der Waals surface area contributed by atoms with Gasteiger partial charge in [-0.2, -0.15) is 0 Å². The Hall–Kier alpha value is -1.19. The van der Waals surface area contributed by atoms with E-state index in [2.05, 4.69) is 42.3 Å². The SMILES string of the molecule is CC(NC(C)c1nccs1)c1ccc2c(c1)CCC2. The molecule has 3 heteroatoms. The Balaban J connectivity index is 1.72. The fraction of sp³-hybridized carbons (Fsp3) is 0.438. The molecule has 2 aromatic rings. The van der Waals surface area contributed by atoms with Crippen molar-refractivity contribution in [2.75, 3.05) is 0 Å². The maximum Gasteiger partial charge on any atom is 0.109 e. The van der Waals surface area contributed by atoms with Crippen LogP contribution in [-0.4, -0.2) is 4.98 Å². The maximum absolute atomic E-state index is 4.38. The van der Waals surface area contributed by atoms with Gasteiger partial charge < -0.3 is 5.32 Å². The molecule has 19 heavy (non-hydrogen) atoms. The van der Waals surface area contributed by atoms with E-state index in [9.17, 15) is 0 Å². The molecule has 0 saturated heterocycles. The Bertz CT molecular complexity index is 548. The third kappa shape index (κ3) is 2.72. The minimum atomic E-state index is 0.309. The van der Waals surface area contributed by atoms with Gasteiger partial charge in [0.15, 0.2) is 0 Å². The molecule has 3 rings (SSSR count). The molecule has 0 spiro atoms. The lowest BCUT2D eigenvalue weighted by atomic mass is 10.0. The first-order valence-corrected chi connectivity index (χ1v) is 7.89. The zero-order valence-electron chi connectivity index (χ0n) is 11.5. The molecule has 1 aromatic heterocycles. The second-order valence-electron chi connectivity index (χ2n) is 5.36. The third-order valence-electron chi connectivity index (χ3n) is 3.94. The Kier molecular flexibility index (Phi) is 3.67. The predicted octanol–water partition coefficient (Wildman–Crippen LogP) is 4.04. The van der Waals surface area contributed by atoms with Gasteiger partial charge in [0.2, 0.25) is 0 Å². The number of aryl methyl sites for hydroxylation is 2. The predicted molar refractivity (Wildman–Crippen MR) is 80.5 cm³/mol. The molecule has 1 aliphatic rings. The number of nitrogens with zero attached hydrogens (tertiary/aromatic N) is 1. The van der Waals surface area contributed by atoms with E-state index in [4.69, 9.17) is 0 Å². The van der Waals surface area contributed by atoms with Gasteiger partial charge in [-0.05, 0) is 49.8 Å². The summed E-state index contributed by atoms with van der Waals surface area (Å²) in [4.78, 5) is 4.38. The number of hydrogen-bond acceptors (Lipinski definition) is 3. The van der Waals surface area contributed by atoms with Gasteiger partial charge in [-0.25, -0.2) is 4.98 Å². The lowest BCUT2D eigenvalue weighted by Gasteiger charge is -2.19. The van der Waals surface area contributed by atoms with Gasteiger partial charge >= 0.3 is 0 Å². The summed E-state index contributed by atoms with van der Waals surface area (Å²) >= 11 is 1.71. The summed E-state index contributed by atoms with van der Waals surface area (Å²) in [6, 6.07) is 7.64. The second-order valence-corrected chi connectivity index (χ2v) is 6.29. The van der Waals surface area contributed by atoms with E-state index in [-0.39, 0.29) is 0 Å². The summed E-state index contributed by atoms with van der Waals surface area (Å²) in [6.07, 6.45) is 5.69. The largest absolute Gasteiger partial charge is 0.302 e. The van der Waals surface area contributed by atoms with Crippen molar-refractivity contribution in [3.05, 3.63) is 51.5 Å². The second kappa shape index (κ2) is 5.43. The summed E-state index contributed by atoms with van der Waals surface area (Å²) in [7, 11) is 0. The lowest BCUT2D eigenvalue weighted by molar-refractivity contribution is 0.493. The number of thiazole rings is 1. The molecule has 0 bridgehead atoms. The molecule has 2 unspecified atom stereocenters. The zero-order valence-corrected chi connectivity index (χ0v) is 12.3. The van der Waals surface area contributed by atoms with Crippen molar-refractivity contribution in [2.24, 2.45) is 0 Å². The van der Waals surface area contributed by atoms with Crippen molar-refractivity contribution in [3.8, 4) is 0 Å². The average Bonchev–Trinajstić information content (AvgIpc) is 3.09. The van der Waals surface area contributed by atoms with Crippen LogP contribution in [0.1, 0.15) is 54.0 Å². The van der Waals surface area contributed by atoms with Crippen molar-refractivity contribution in [1.82, 2.24) is 10.3 Å². The molecular formula is C16H20N2S. The molecule has 0 radical (unpaired) electrons. The van der Waals surface area contributed by atoms with E-state index in [1.54, 1.807) is 22.5 Å². The Morgan fingerprint density at radius 3 is 2.79 bits per heavy atom. The fourth-order valence-electron chi connectivity index (χ4n) is 2.85. The third-order valence-corrected chi connectivity index (χ3v) is 4.90. The molecule has 0 amide bonds. The topological polar surface area (TPSA) is 24.9 Å². The molecule has 0 saturated carbocycles. The number of fused-ring (bicyclic) bond motifs is 1. The molecule has 100 valence electrons. The van der Waals surface area contributed by atoms with E-state index in [0.717, 1.165) is 5.01 Å². The van der Waals surface area contributed by atoms with Crippen molar-refractivity contribution >= 4 is 11.3 Å². The Morgan fingerprint density at radius 2 is 2.00 bits per heavy atom. The molecule has 1 N–H and O–H groups in total. The quantitative estimate of drug-likeness (QED) is 0.908. The lowest BCUT2D eigenvalue weighted by Crippen LogP contribution is -2.22. The van der Waals surface area contributed by atoms with Gasteiger partial charge in [-0.1, -0.05) is 18.2 Å². The van der Waals surface area contributed by atoms with Crippen molar-refractivity contribution in [2.45, 2.75) is 45.2 Å². The van der Waals surface area contributed by atoms with Gasteiger partial charge in [0.05, 0.1) is 6.04 Å². The molecule has 2 nitrogen and oxygen atoms in total. The standard InChI is InChI=1S/C16H20N2S/c1-11(18-12(2)16-17-8-9-19-16)14-7-6-13-4-3-5-15(13)10-14/h6-12,18H,3-5H2,1-2H3. The first-order chi connectivity index (χ1) is 9.24. The van der Waals surface area contributed by atoms with E-state index >= 15 is 0 Å². The van der Waals surface area contributed by atoms with Crippen molar-refractivity contribution in [1.29, 1.82) is 0 Å². The van der Waals surface area contributed by atoms with E-state index < -0.39 is 0 Å². The summed E-state index contributed by atoms with van der Waals surface area (Å²) in [5.41, 5.74) is 4.49. The highest BCUT2D eigenvalue weighted by Gasteiger charge is 2.16. The fourth-order valence-corrected chi connectivity index (χ4v) is 3.51. The molecule has 1 aliphatic carbocycles. The van der Waals surface area contributed by atoms with Crippen LogP contribution in [-0.2, 0) is 12.8 Å². The summed E-state index contributed by atoms with van der Waals surface area (Å²) < 4.78 is 0. The zero-order chi connectivity index (χ0) is 13.2. The van der Waals surface area contributed by atoms with Gasteiger partial charge in [-0.3, -0.25) is 0 Å². The molecule has 1 heterocycles.